The quantitative estimate of drug-likeness (QED) is 0.845. The lowest BCUT2D eigenvalue weighted by molar-refractivity contribution is -0.142. The lowest BCUT2D eigenvalue weighted by Crippen LogP contribution is -2.23. The molecule has 0 saturated heterocycles. The Hall–Kier alpha value is -2.17. The van der Waals surface area contributed by atoms with E-state index in [0.717, 1.165) is 5.56 Å². The molecule has 0 fully saturated rings. The topological polar surface area (TPSA) is 65.0 Å². The number of carbonyl (C=O) groups is 1. The van der Waals surface area contributed by atoms with Crippen LogP contribution in [0.1, 0.15) is 24.3 Å². The molecular formula is C16H20O5. The van der Waals surface area contributed by atoms with E-state index in [2.05, 4.69) is 0 Å². The summed E-state index contributed by atoms with van der Waals surface area (Å²) in [5, 5.41) is 9.40. The number of hydrogen-bond acceptors (Lipinski definition) is 4. The second kappa shape index (κ2) is 6.52. The molecule has 0 aromatic heterocycles. The maximum absolute atomic E-state index is 11.4. The van der Waals surface area contributed by atoms with Gasteiger partial charge in [0.25, 0.3) is 0 Å². The molecule has 5 heteroatoms. The van der Waals surface area contributed by atoms with Gasteiger partial charge in [-0.15, -0.1) is 0 Å². The number of rotatable bonds is 5. The highest BCUT2D eigenvalue weighted by Gasteiger charge is 2.31. The highest BCUT2D eigenvalue weighted by Crippen LogP contribution is 2.43. The van der Waals surface area contributed by atoms with Crippen LogP contribution in [0.25, 0.3) is 0 Å². The number of aliphatic carboxylic acids is 1. The van der Waals surface area contributed by atoms with Gasteiger partial charge in [0, 0.05) is 5.92 Å². The molecule has 0 heterocycles. The Balaban J connectivity index is 2.47. The average molecular weight is 292 g/mol. The largest absolute Gasteiger partial charge is 0.493 e. The zero-order chi connectivity index (χ0) is 15.4. The third kappa shape index (κ3) is 2.96. The van der Waals surface area contributed by atoms with Crippen LogP contribution in [0.3, 0.4) is 0 Å². The summed E-state index contributed by atoms with van der Waals surface area (Å²) in [6, 6.07) is 3.67. The van der Waals surface area contributed by atoms with Crippen LogP contribution >= 0.6 is 0 Å². The van der Waals surface area contributed by atoms with Gasteiger partial charge in [0.15, 0.2) is 11.5 Å². The highest BCUT2D eigenvalue weighted by atomic mass is 16.5. The van der Waals surface area contributed by atoms with Crippen molar-refractivity contribution < 1.29 is 24.1 Å². The summed E-state index contributed by atoms with van der Waals surface area (Å²) in [6.07, 6.45) is 5.17. The van der Waals surface area contributed by atoms with E-state index in [4.69, 9.17) is 14.2 Å². The van der Waals surface area contributed by atoms with E-state index >= 15 is 0 Å². The van der Waals surface area contributed by atoms with Crippen LogP contribution in [0.2, 0.25) is 0 Å². The first-order chi connectivity index (χ1) is 10.1. The molecule has 1 aliphatic rings. The van der Waals surface area contributed by atoms with Crippen LogP contribution < -0.4 is 14.2 Å². The summed E-state index contributed by atoms with van der Waals surface area (Å²) in [5.74, 6) is 0.301. The van der Waals surface area contributed by atoms with Gasteiger partial charge in [-0.1, -0.05) is 12.2 Å². The molecule has 0 unspecified atom stereocenters. The summed E-state index contributed by atoms with van der Waals surface area (Å²) in [6.45, 7) is 0. The van der Waals surface area contributed by atoms with Gasteiger partial charge < -0.3 is 19.3 Å². The number of ether oxygens (including phenoxy) is 3. The zero-order valence-electron chi connectivity index (χ0n) is 12.5. The molecule has 2 atom stereocenters. The van der Waals surface area contributed by atoms with Gasteiger partial charge in [0.1, 0.15) is 0 Å². The normalized spacial score (nSPS) is 20.9. The van der Waals surface area contributed by atoms with Crippen LogP contribution in [0, 0.1) is 5.92 Å². The predicted octanol–water partition coefficient (Wildman–Crippen LogP) is 2.85. The maximum atomic E-state index is 11.4. The van der Waals surface area contributed by atoms with Gasteiger partial charge in [-0.25, -0.2) is 0 Å². The maximum Gasteiger partial charge on any atom is 0.307 e. The summed E-state index contributed by atoms with van der Waals surface area (Å²) >= 11 is 0. The number of hydrogen-bond donors (Lipinski definition) is 1. The molecule has 1 aromatic carbocycles. The molecule has 0 bridgehead atoms. The molecule has 0 aliphatic heterocycles. The van der Waals surface area contributed by atoms with Crippen LogP contribution in [0.4, 0.5) is 0 Å². The summed E-state index contributed by atoms with van der Waals surface area (Å²) in [7, 11) is 4.65. The average Bonchev–Trinajstić information content (AvgIpc) is 2.53. The molecule has 0 radical (unpaired) electrons. The van der Waals surface area contributed by atoms with Crippen molar-refractivity contribution in [3.63, 3.8) is 0 Å². The number of carboxylic acids is 1. The molecule has 0 spiro atoms. The van der Waals surface area contributed by atoms with E-state index in [-0.39, 0.29) is 5.92 Å². The Labute approximate surface area is 124 Å². The van der Waals surface area contributed by atoms with Crippen molar-refractivity contribution in [2.24, 2.45) is 5.92 Å². The standard InChI is InChI=1S/C16H20O5/c1-19-13-8-10(9-14(20-2)15(13)21-3)11-6-4-5-7-12(11)16(17)18/h4-5,8-9,11-12H,6-7H2,1-3H3,(H,17,18)/t11-,12+/m1/s1. The molecule has 0 amide bonds. The van der Waals surface area contributed by atoms with E-state index in [9.17, 15) is 9.90 Å². The van der Waals surface area contributed by atoms with E-state index in [1.165, 1.54) is 0 Å². The van der Waals surface area contributed by atoms with Gasteiger partial charge in [-0.2, -0.15) is 0 Å². The van der Waals surface area contributed by atoms with E-state index in [0.29, 0.717) is 30.1 Å². The molecule has 0 saturated carbocycles. The smallest absolute Gasteiger partial charge is 0.307 e. The highest BCUT2D eigenvalue weighted by molar-refractivity contribution is 5.72. The summed E-state index contributed by atoms with van der Waals surface area (Å²) in [5.41, 5.74) is 0.890. The van der Waals surface area contributed by atoms with Gasteiger partial charge in [-0.3, -0.25) is 4.79 Å². The molecule has 1 aromatic rings. The van der Waals surface area contributed by atoms with Gasteiger partial charge in [-0.05, 0) is 30.5 Å². The number of carboxylic acid groups (broad SMARTS) is 1. The van der Waals surface area contributed by atoms with E-state index in [1.807, 2.05) is 24.3 Å². The molecule has 1 N–H and O–H groups in total. The third-order valence-corrected chi connectivity index (χ3v) is 3.86. The van der Waals surface area contributed by atoms with E-state index < -0.39 is 11.9 Å². The molecule has 21 heavy (non-hydrogen) atoms. The van der Waals surface area contributed by atoms with Crippen LogP contribution in [0.5, 0.6) is 17.2 Å². The Morgan fingerprint density at radius 2 is 1.62 bits per heavy atom. The first-order valence-electron chi connectivity index (χ1n) is 6.80. The van der Waals surface area contributed by atoms with Crippen molar-refractivity contribution in [2.75, 3.05) is 21.3 Å². The minimum atomic E-state index is -0.780. The Bertz CT molecular complexity index is 525. The van der Waals surface area contributed by atoms with Crippen molar-refractivity contribution in [3.05, 3.63) is 29.8 Å². The lowest BCUT2D eigenvalue weighted by atomic mass is 9.78. The van der Waals surface area contributed by atoms with Crippen molar-refractivity contribution in [1.82, 2.24) is 0 Å². The van der Waals surface area contributed by atoms with Crippen molar-refractivity contribution in [2.45, 2.75) is 18.8 Å². The Kier molecular flexibility index (Phi) is 4.73. The molecule has 5 nitrogen and oxygen atoms in total. The zero-order valence-corrected chi connectivity index (χ0v) is 12.5. The number of methoxy groups -OCH3 is 3. The van der Waals surface area contributed by atoms with Crippen LogP contribution in [0.15, 0.2) is 24.3 Å². The van der Waals surface area contributed by atoms with Crippen molar-refractivity contribution >= 4 is 5.97 Å². The molecular weight excluding hydrogens is 272 g/mol. The van der Waals surface area contributed by atoms with Crippen molar-refractivity contribution in [3.8, 4) is 17.2 Å². The molecule has 1 aliphatic carbocycles. The Morgan fingerprint density at radius 3 is 2.10 bits per heavy atom. The summed E-state index contributed by atoms with van der Waals surface area (Å²) in [4.78, 5) is 11.4. The lowest BCUT2D eigenvalue weighted by Gasteiger charge is -2.26. The molecule has 114 valence electrons. The summed E-state index contributed by atoms with van der Waals surface area (Å²) < 4.78 is 16.0. The van der Waals surface area contributed by atoms with Crippen molar-refractivity contribution in [1.29, 1.82) is 0 Å². The van der Waals surface area contributed by atoms with Gasteiger partial charge in [0.2, 0.25) is 5.75 Å². The predicted molar refractivity (Wildman–Crippen MR) is 78.3 cm³/mol. The fourth-order valence-electron chi connectivity index (χ4n) is 2.77. The minimum absolute atomic E-state index is 0.0961. The first kappa shape index (κ1) is 15.2. The molecule has 2 rings (SSSR count). The SMILES string of the molecule is COc1cc([C@H]2CC=CC[C@@H]2C(=O)O)cc(OC)c1OC. The fourth-order valence-corrected chi connectivity index (χ4v) is 2.77. The first-order valence-corrected chi connectivity index (χ1v) is 6.80. The second-order valence-electron chi connectivity index (χ2n) is 4.95. The third-order valence-electron chi connectivity index (χ3n) is 3.86. The van der Waals surface area contributed by atoms with Crippen LogP contribution in [-0.2, 0) is 4.79 Å². The van der Waals surface area contributed by atoms with Gasteiger partial charge >= 0.3 is 5.97 Å². The second-order valence-corrected chi connectivity index (χ2v) is 4.95. The number of benzene rings is 1. The van der Waals surface area contributed by atoms with Crippen LogP contribution in [-0.4, -0.2) is 32.4 Å². The number of allylic oxidation sites excluding steroid dienone is 2. The van der Waals surface area contributed by atoms with E-state index in [1.54, 1.807) is 21.3 Å². The minimum Gasteiger partial charge on any atom is -0.493 e. The fraction of sp³-hybridized carbons (Fsp3) is 0.438. The Morgan fingerprint density at radius 1 is 1.05 bits per heavy atom. The van der Waals surface area contributed by atoms with Gasteiger partial charge in [0.05, 0.1) is 27.2 Å². The monoisotopic (exact) mass is 292 g/mol.